The molecule has 0 atom stereocenters. The van der Waals surface area contributed by atoms with E-state index in [2.05, 4.69) is 5.32 Å². The number of carbonyl (C=O) groups is 1. The average molecular weight is 323 g/mol. The Hall–Kier alpha value is -0.950. The molecule has 1 saturated carbocycles. The number of alkyl carbamates (subject to hydrolysis) is 1. The maximum absolute atomic E-state index is 12.8. The summed E-state index contributed by atoms with van der Waals surface area (Å²) >= 11 is 0. The van der Waals surface area contributed by atoms with Crippen molar-refractivity contribution < 1.29 is 28.2 Å². The number of rotatable bonds is 6. The van der Waals surface area contributed by atoms with Crippen LogP contribution in [0.25, 0.3) is 0 Å². The lowest BCUT2D eigenvalue weighted by Crippen LogP contribution is -2.49. The number of nitrogens with one attached hydrogen (secondary N) is 1. The number of carbonyl (C=O) groups excluding carboxylic acids is 1. The first kappa shape index (κ1) is 19.1. The van der Waals surface area contributed by atoms with Gasteiger partial charge in [0, 0.05) is 12.5 Å². The van der Waals surface area contributed by atoms with Crippen LogP contribution in [0.4, 0.5) is 13.6 Å². The maximum Gasteiger partial charge on any atom is 0.407 e. The van der Waals surface area contributed by atoms with Crippen molar-refractivity contribution in [2.24, 2.45) is 5.92 Å². The largest absolute Gasteiger partial charge is 0.444 e. The fraction of sp³-hybridized carbons (Fsp3) is 0.933. The van der Waals surface area contributed by atoms with Crippen molar-refractivity contribution in [3.8, 4) is 0 Å². The van der Waals surface area contributed by atoms with Crippen LogP contribution in [0.1, 0.15) is 46.5 Å². The first-order valence-electron chi connectivity index (χ1n) is 7.67. The highest BCUT2D eigenvalue weighted by atomic mass is 19.3. The molecule has 1 aliphatic carbocycles. The van der Waals surface area contributed by atoms with Gasteiger partial charge in [0.1, 0.15) is 5.60 Å². The molecule has 0 aromatic rings. The van der Waals surface area contributed by atoms with Crippen LogP contribution < -0.4 is 5.32 Å². The maximum atomic E-state index is 12.8. The molecule has 0 aromatic carbocycles. The second-order valence-electron chi connectivity index (χ2n) is 6.78. The van der Waals surface area contributed by atoms with Gasteiger partial charge in [-0.15, -0.1) is 0 Å². The van der Waals surface area contributed by atoms with Gasteiger partial charge >= 0.3 is 6.09 Å². The normalized spacial score (nSPS) is 26.0. The molecule has 1 aliphatic rings. The first-order valence-corrected chi connectivity index (χ1v) is 7.67. The number of halogens is 2. The Morgan fingerprint density at radius 1 is 1.36 bits per heavy atom. The van der Waals surface area contributed by atoms with Crippen molar-refractivity contribution in [2.45, 2.75) is 64.1 Å². The number of amides is 1. The lowest BCUT2D eigenvalue weighted by atomic mass is 9.78. The number of hydrogen-bond acceptors (Lipinski definition) is 4. The molecular weight excluding hydrogens is 296 g/mol. The number of ether oxygens (including phenoxy) is 2. The second kappa shape index (κ2) is 8.06. The summed E-state index contributed by atoms with van der Waals surface area (Å²) < 4.78 is 36.3. The summed E-state index contributed by atoms with van der Waals surface area (Å²) in [6, 6.07) is 0. The molecule has 130 valence electrons. The van der Waals surface area contributed by atoms with Gasteiger partial charge in [-0.2, -0.15) is 0 Å². The molecule has 0 unspecified atom stereocenters. The number of hydrogen-bond donors (Lipinski definition) is 2. The minimum absolute atomic E-state index is 0.120. The molecule has 7 heteroatoms. The topological polar surface area (TPSA) is 67.8 Å². The predicted octanol–water partition coefficient (Wildman–Crippen LogP) is 2.71. The minimum Gasteiger partial charge on any atom is -0.444 e. The van der Waals surface area contributed by atoms with Crippen LogP contribution >= 0.6 is 0 Å². The Bertz CT molecular complexity index is 350. The molecule has 0 saturated heterocycles. The van der Waals surface area contributed by atoms with E-state index in [1.165, 1.54) is 0 Å². The summed E-state index contributed by atoms with van der Waals surface area (Å²) in [5.41, 5.74) is -1.30. The summed E-state index contributed by atoms with van der Waals surface area (Å²) in [7, 11) is 0. The number of aliphatic hydroxyl groups excluding tert-OH is 1. The summed E-state index contributed by atoms with van der Waals surface area (Å²) in [6.07, 6.45) is -1.33. The lowest BCUT2D eigenvalue weighted by Gasteiger charge is -2.40. The van der Waals surface area contributed by atoms with Crippen LogP contribution in [0.2, 0.25) is 0 Å². The van der Waals surface area contributed by atoms with E-state index in [4.69, 9.17) is 14.6 Å². The monoisotopic (exact) mass is 323 g/mol. The third-order valence-corrected chi connectivity index (χ3v) is 3.75. The molecule has 0 bridgehead atoms. The quantitative estimate of drug-likeness (QED) is 0.789. The molecule has 2 N–H and O–H groups in total. The Labute approximate surface area is 130 Å². The third-order valence-electron chi connectivity index (χ3n) is 3.75. The molecule has 22 heavy (non-hydrogen) atoms. The van der Waals surface area contributed by atoms with Gasteiger partial charge in [-0.05, 0) is 46.5 Å². The molecule has 0 spiro atoms. The van der Waals surface area contributed by atoms with Crippen molar-refractivity contribution >= 4 is 6.09 Å². The number of aliphatic hydroxyl groups is 1. The Morgan fingerprint density at radius 2 is 1.95 bits per heavy atom. The molecular formula is C15H27F2NO4. The standard InChI is InChI=1S/C15H27F2NO4/c1-14(2,3)22-13(20)18-10-15(21-9-8-19)6-4-11(5-7-15)12(16)17/h11-12,19H,4-10H2,1-3H3,(H,18,20). The van der Waals surface area contributed by atoms with Gasteiger partial charge in [0.05, 0.1) is 18.8 Å². The van der Waals surface area contributed by atoms with Gasteiger partial charge in [-0.25, -0.2) is 13.6 Å². The van der Waals surface area contributed by atoms with Crippen molar-refractivity contribution in [3.05, 3.63) is 0 Å². The van der Waals surface area contributed by atoms with Crippen LogP contribution in [0.15, 0.2) is 0 Å². The first-order chi connectivity index (χ1) is 10.2. The molecule has 5 nitrogen and oxygen atoms in total. The van der Waals surface area contributed by atoms with Crippen LogP contribution in [0.3, 0.4) is 0 Å². The van der Waals surface area contributed by atoms with E-state index in [1.54, 1.807) is 20.8 Å². The van der Waals surface area contributed by atoms with Gasteiger partial charge in [-0.3, -0.25) is 0 Å². The Kier molecular flexibility index (Phi) is 6.99. The fourth-order valence-electron chi connectivity index (χ4n) is 2.60. The lowest BCUT2D eigenvalue weighted by molar-refractivity contribution is -0.0975. The summed E-state index contributed by atoms with van der Waals surface area (Å²) in [6.45, 7) is 5.45. The van der Waals surface area contributed by atoms with Crippen molar-refractivity contribution in [3.63, 3.8) is 0 Å². The zero-order valence-corrected chi connectivity index (χ0v) is 13.5. The summed E-state index contributed by atoms with van der Waals surface area (Å²) in [5.74, 6) is -0.618. The highest BCUT2D eigenvalue weighted by molar-refractivity contribution is 5.67. The van der Waals surface area contributed by atoms with Crippen LogP contribution in [-0.4, -0.2) is 48.6 Å². The smallest absolute Gasteiger partial charge is 0.407 e. The van der Waals surface area contributed by atoms with E-state index in [1.807, 2.05) is 0 Å². The van der Waals surface area contributed by atoms with E-state index < -0.39 is 29.6 Å². The minimum atomic E-state index is -2.32. The van der Waals surface area contributed by atoms with Crippen molar-refractivity contribution in [2.75, 3.05) is 19.8 Å². The zero-order valence-electron chi connectivity index (χ0n) is 13.5. The molecule has 1 fully saturated rings. The van der Waals surface area contributed by atoms with E-state index in [9.17, 15) is 13.6 Å². The van der Waals surface area contributed by atoms with Gasteiger partial charge in [0.25, 0.3) is 0 Å². The SMILES string of the molecule is CC(C)(C)OC(=O)NCC1(OCCO)CCC(C(F)F)CC1. The second-order valence-corrected chi connectivity index (χ2v) is 6.78. The summed E-state index contributed by atoms with van der Waals surface area (Å²) in [5, 5.41) is 11.6. The molecule has 0 aliphatic heterocycles. The fourth-order valence-corrected chi connectivity index (χ4v) is 2.60. The van der Waals surface area contributed by atoms with E-state index in [0.29, 0.717) is 25.7 Å². The van der Waals surface area contributed by atoms with Gasteiger partial charge in [0.2, 0.25) is 6.43 Å². The average Bonchev–Trinajstić information content (AvgIpc) is 2.42. The Morgan fingerprint density at radius 3 is 2.41 bits per heavy atom. The van der Waals surface area contributed by atoms with Crippen LogP contribution in [-0.2, 0) is 9.47 Å². The van der Waals surface area contributed by atoms with Crippen LogP contribution in [0.5, 0.6) is 0 Å². The van der Waals surface area contributed by atoms with E-state index in [-0.39, 0.29) is 19.8 Å². The van der Waals surface area contributed by atoms with Crippen molar-refractivity contribution in [1.82, 2.24) is 5.32 Å². The number of alkyl halides is 2. The van der Waals surface area contributed by atoms with E-state index >= 15 is 0 Å². The summed E-state index contributed by atoms with van der Waals surface area (Å²) in [4.78, 5) is 11.7. The van der Waals surface area contributed by atoms with Crippen molar-refractivity contribution in [1.29, 1.82) is 0 Å². The van der Waals surface area contributed by atoms with Gasteiger partial charge < -0.3 is 19.9 Å². The van der Waals surface area contributed by atoms with E-state index in [0.717, 1.165) is 0 Å². The van der Waals surface area contributed by atoms with Gasteiger partial charge in [0.15, 0.2) is 0 Å². The third kappa shape index (κ3) is 6.44. The highest BCUT2D eigenvalue weighted by Gasteiger charge is 2.39. The molecule has 0 heterocycles. The molecule has 0 radical (unpaired) electrons. The van der Waals surface area contributed by atoms with Crippen LogP contribution in [0, 0.1) is 5.92 Å². The Balaban J connectivity index is 2.56. The zero-order chi connectivity index (χ0) is 16.8. The predicted molar refractivity (Wildman–Crippen MR) is 78.0 cm³/mol. The molecule has 1 amide bonds. The molecule has 1 rings (SSSR count). The highest BCUT2D eigenvalue weighted by Crippen LogP contribution is 2.37. The van der Waals surface area contributed by atoms with Gasteiger partial charge in [-0.1, -0.05) is 0 Å². The molecule has 0 aromatic heterocycles.